The number of ether oxygens (including phenoxy) is 2. The van der Waals surface area contributed by atoms with Crippen LogP contribution in [-0.2, 0) is 22.7 Å². The first-order chi connectivity index (χ1) is 15.8. The van der Waals surface area contributed by atoms with E-state index in [1.807, 2.05) is 0 Å². The Morgan fingerprint density at radius 2 is 1.85 bits per heavy atom. The molecule has 1 aliphatic heterocycles. The van der Waals surface area contributed by atoms with Gasteiger partial charge in [0.15, 0.2) is 11.4 Å². The topological polar surface area (TPSA) is 113 Å². The number of hydrazine groups is 1. The predicted molar refractivity (Wildman–Crippen MR) is 111 cm³/mol. The quantitative estimate of drug-likeness (QED) is 0.559. The van der Waals surface area contributed by atoms with E-state index >= 15 is 0 Å². The van der Waals surface area contributed by atoms with Crippen LogP contribution in [-0.4, -0.2) is 72.0 Å². The molecule has 178 valence electrons. The largest absolute Gasteiger partial charge is 0.503 e. The molecule has 0 fully saturated rings. The fourth-order valence-corrected chi connectivity index (χ4v) is 3.40. The molecule has 0 saturated carbocycles. The molecule has 0 bridgehead atoms. The second-order valence-electron chi connectivity index (χ2n) is 7.24. The van der Waals surface area contributed by atoms with Crippen LogP contribution in [0.1, 0.15) is 26.4 Å². The van der Waals surface area contributed by atoms with Crippen LogP contribution in [0.2, 0.25) is 0 Å². The van der Waals surface area contributed by atoms with E-state index in [2.05, 4.69) is 5.32 Å². The molecular formula is C21H24F2N4O6. The van der Waals surface area contributed by atoms with Crippen LogP contribution >= 0.6 is 0 Å². The highest BCUT2D eigenvalue weighted by molar-refractivity contribution is 5.98. The number of rotatable bonds is 9. The number of aromatic hydroxyl groups is 1. The van der Waals surface area contributed by atoms with E-state index in [1.165, 1.54) is 36.1 Å². The minimum absolute atomic E-state index is 0.0155. The molecule has 33 heavy (non-hydrogen) atoms. The van der Waals surface area contributed by atoms with E-state index in [0.29, 0.717) is 19.2 Å². The SMILES string of the molecule is COCCN1Cn2cc(C(=O)NCc3ccc(F)cc3F)c(=O)c(O)c2C(=O)N1CCOC. The van der Waals surface area contributed by atoms with Gasteiger partial charge in [0.25, 0.3) is 11.8 Å². The zero-order valence-corrected chi connectivity index (χ0v) is 18.1. The number of amides is 2. The molecule has 0 atom stereocenters. The van der Waals surface area contributed by atoms with Crippen molar-refractivity contribution in [3.05, 3.63) is 63.1 Å². The van der Waals surface area contributed by atoms with Crippen LogP contribution in [0.5, 0.6) is 5.75 Å². The van der Waals surface area contributed by atoms with E-state index < -0.39 is 40.2 Å². The maximum absolute atomic E-state index is 13.8. The van der Waals surface area contributed by atoms with Gasteiger partial charge in [0.05, 0.1) is 26.4 Å². The average Bonchev–Trinajstić information content (AvgIpc) is 2.78. The van der Waals surface area contributed by atoms with Crippen molar-refractivity contribution in [1.82, 2.24) is 19.9 Å². The maximum atomic E-state index is 13.8. The summed E-state index contributed by atoms with van der Waals surface area (Å²) in [4.78, 5) is 38.3. The van der Waals surface area contributed by atoms with E-state index in [0.717, 1.165) is 6.07 Å². The number of nitrogens with one attached hydrogen (secondary N) is 1. The van der Waals surface area contributed by atoms with Crippen LogP contribution in [0.25, 0.3) is 0 Å². The van der Waals surface area contributed by atoms with Crippen molar-refractivity contribution in [1.29, 1.82) is 0 Å². The smallest absolute Gasteiger partial charge is 0.288 e. The maximum Gasteiger partial charge on any atom is 0.288 e. The zero-order valence-electron chi connectivity index (χ0n) is 18.1. The molecule has 2 N–H and O–H groups in total. The number of pyridine rings is 1. The van der Waals surface area contributed by atoms with Gasteiger partial charge in [-0.05, 0) is 6.07 Å². The molecule has 2 aromatic rings. The van der Waals surface area contributed by atoms with Gasteiger partial charge < -0.3 is 24.5 Å². The highest BCUT2D eigenvalue weighted by atomic mass is 19.1. The number of halogens is 2. The minimum atomic E-state index is -1.04. The summed E-state index contributed by atoms with van der Waals surface area (Å²) < 4.78 is 38.3. The number of fused-ring (bicyclic) bond motifs is 1. The van der Waals surface area contributed by atoms with Crippen LogP contribution in [0.4, 0.5) is 8.78 Å². The third-order valence-corrected chi connectivity index (χ3v) is 5.11. The van der Waals surface area contributed by atoms with Crippen LogP contribution in [0, 0.1) is 11.6 Å². The van der Waals surface area contributed by atoms with E-state index in [9.17, 15) is 28.3 Å². The lowest BCUT2D eigenvalue weighted by Gasteiger charge is -2.40. The van der Waals surface area contributed by atoms with Crippen molar-refractivity contribution in [3.8, 4) is 5.75 Å². The first-order valence-corrected chi connectivity index (χ1v) is 10.0. The van der Waals surface area contributed by atoms with Gasteiger partial charge in [-0.3, -0.25) is 19.4 Å². The Kier molecular flexibility index (Phi) is 7.74. The highest BCUT2D eigenvalue weighted by Crippen LogP contribution is 2.23. The van der Waals surface area contributed by atoms with E-state index in [1.54, 1.807) is 5.01 Å². The number of methoxy groups -OCH3 is 2. The van der Waals surface area contributed by atoms with Gasteiger partial charge in [-0.2, -0.15) is 5.01 Å². The van der Waals surface area contributed by atoms with E-state index in [-0.39, 0.29) is 37.6 Å². The zero-order chi connectivity index (χ0) is 24.1. The van der Waals surface area contributed by atoms with Crippen molar-refractivity contribution in [2.45, 2.75) is 13.2 Å². The fraction of sp³-hybridized carbons (Fsp3) is 0.381. The third kappa shape index (κ3) is 5.18. The molecule has 1 aromatic carbocycles. The number of carbonyl (C=O) groups is 2. The Morgan fingerprint density at radius 1 is 1.15 bits per heavy atom. The summed E-state index contributed by atoms with van der Waals surface area (Å²) in [6.07, 6.45) is 1.17. The van der Waals surface area contributed by atoms with Gasteiger partial charge in [0, 0.05) is 45.1 Å². The Balaban J connectivity index is 1.89. The number of aromatic nitrogens is 1. The molecule has 0 radical (unpaired) electrons. The Labute approximate surface area is 187 Å². The van der Waals surface area contributed by atoms with Crippen LogP contribution in [0.3, 0.4) is 0 Å². The number of carbonyl (C=O) groups excluding carboxylic acids is 2. The monoisotopic (exact) mass is 466 g/mol. The average molecular weight is 466 g/mol. The molecule has 0 unspecified atom stereocenters. The summed E-state index contributed by atoms with van der Waals surface area (Å²) in [5.41, 5.74) is -1.71. The third-order valence-electron chi connectivity index (χ3n) is 5.11. The number of hydrogen-bond donors (Lipinski definition) is 2. The van der Waals surface area contributed by atoms with Crippen molar-refractivity contribution in [3.63, 3.8) is 0 Å². The number of benzene rings is 1. The standard InChI is InChI=1S/C21H24F2N4O6/c1-32-7-5-26-12-25-11-15(20(30)24-10-13-3-4-14(22)9-16(13)23)18(28)19(29)17(25)21(31)27(26)6-8-33-2/h3-4,9,11,29H,5-8,10,12H2,1-2H3,(H,24,30). The normalized spacial score (nSPS) is 13.8. The van der Waals surface area contributed by atoms with Gasteiger partial charge in [-0.1, -0.05) is 6.07 Å². The lowest BCUT2D eigenvalue weighted by molar-refractivity contribution is -0.0627. The lowest BCUT2D eigenvalue weighted by atomic mass is 10.1. The molecule has 0 spiro atoms. The van der Waals surface area contributed by atoms with Gasteiger partial charge in [0.2, 0.25) is 5.43 Å². The summed E-state index contributed by atoms with van der Waals surface area (Å²) >= 11 is 0. The molecule has 1 aliphatic rings. The molecule has 3 rings (SSSR count). The number of nitrogens with zero attached hydrogens (tertiary/aromatic N) is 3. The van der Waals surface area contributed by atoms with Crippen molar-refractivity contribution in [2.75, 3.05) is 40.5 Å². The second kappa shape index (κ2) is 10.5. The molecule has 1 aromatic heterocycles. The van der Waals surface area contributed by atoms with Gasteiger partial charge in [-0.25, -0.2) is 8.78 Å². The molecule has 0 aliphatic carbocycles. The Hall–Kier alpha value is -3.35. The van der Waals surface area contributed by atoms with Gasteiger partial charge >= 0.3 is 0 Å². The summed E-state index contributed by atoms with van der Waals surface area (Å²) in [5, 5.41) is 15.8. The number of hydrogen-bond acceptors (Lipinski definition) is 7. The van der Waals surface area contributed by atoms with Crippen LogP contribution < -0.4 is 10.7 Å². The predicted octanol–water partition coefficient (Wildman–Crippen LogP) is 0.685. The Morgan fingerprint density at radius 3 is 2.52 bits per heavy atom. The van der Waals surface area contributed by atoms with Crippen molar-refractivity contribution < 1.29 is 33.0 Å². The fourth-order valence-electron chi connectivity index (χ4n) is 3.40. The van der Waals surface area contributed by atoms with Crippen molar-refractivity contribution in [2.24, 2.45) is 0 Å². The Bertz CT molecular complexity index is 1110. The summed E-state index contributed by atoms with van der Waals surface area (Å²) in [7, 11) is 2.99. The molecular weight excluding hydrogens is 442 g/mol. The van der Waals surface area contributed by atoms with Crippen LogP contribution in [0.15, 0.2) is 29.2 Å². The second-order valence-corrected chi connectivity index (χ2v) is 7.24. The first-order valence-electron chi connectivity index (χ1n) is 10.0. The minimum Gasteiger partial charge on any atom is -0.503 e. The highest BCUT2D eigenvalue weighted by Gasteiger charge is 2.34. The summed E-state index contributed by atoms with van der Waals surface area (Å²) in [6, 6.07) is 2.89. The van der Waals surface area contributed by atoms with Crippen molar-refractivity contribution >= 4 is 11.8 Å². The molecule has 0 saturated heterocycles. The first kappa shape index (κ1) is 24.3. The molecule has 2 heterocycles. The summed E-state index contributed by atoms with van der Waals surface area (Å²) in [6.45, 7) is 0.767. The molecule has 10 nitrogen and oxygen atoms in total. The summed E-state index contributed by atoms with van der Waals surface area (Å²) in [5.74, 6) is -4.00. The molecule has 12 heteroatoms. The van der Waals surface area contributed by atoms with Gasteiger partial charge in [-0.15, -0.1) is 0 Å². The molecule has 2 amide bonds. The van der Waals surface area contributed by atoms with E-state index in [4.69, 9.17) is 9.47 Å². The lowest BCUT2D eigenvalue weighted by Crippen LogP contribution is -2.54. The van der Waals surface area contributed by atoms with Gasteiger partial charge in [0.1, 0.15) is 17.2 Å².